The van der Waals surface area contributed by atoms with Crippen molar-refractivity contribution in [3.05, 3.63) is 0 Å². The van der Waals surface area contributed by atoms with Crippen LogP contribution in [0.1, 0.15) is 6.42 Å². The van der Waals surface area contributed by atoms with Gasteiger partial charge >= 0.3 is 0 Å². The molecule has 82 valence electrons. The first-order valence-electron chi connectivity index (χ1n) is 4.55. The van der Waals surface area contributed by atoms with Crippen LogP contribution >= 0.6 is 0 Å². The van der Waals surface area contributed by atoms with Crippen LogP contribution in [-0.4, -0.2) is 64.1 Å². The number of rotatable bonds is 4. The van der Waals surface area contributed by atoms with E-state index in [2.05, 4.69) is 0 Å². The summed E-state index contributed by atoms with van der Waals surface area (Å²) in [6.07, 6.45) is -1.65. The van der Waals surface area contributed by atoms with Gasteiger partial charge in [0.2, 0.25) is 5.91 Å². The molecule has 0 spiro atoms. The first-order valence-corrected chi connectivity index (χ1v) is 4.55. The molecule has 3 atom stereocenters. The number of likely N-dealkylation sites (tertiary alicyclic amines) is 1. The molecular formula is C8H16N2O4. The number of nitrogens with two attached hydrogens (primary N) is 1. The summed E-state index contributed by atoms with van der Waals surface area (Å²) in [5, 5.41) is 27.7. The van der Waals surface area contributed by atoms with Crippen molar-refractivity contribution in [3.63, 3.8) is 0 Å². The summed E-state index contributed by atoms with van der Waals surface area (Å²) >= 11 is 0. The summed E-state index contributed by atoms with van der Waals surface area (Å²) in [5.74, 6) is -0.433. The Morgan fingerprint density at radius 3 is 2.64 bits per heavy atom. The van der Waals surface area contributed by atoms with Gasteiger partial charge in [-0.1, -0.05) is 0 Å². The van der Waals surface area contributed by atoms with Crippen LogP contribution in [0.2, 0.25) is 0 Å². The third-order valence-electron chi connectivity index (χ3n) is 2.51. The fourth-order valence-electron chi connectivity index (χ4n) is 1.69. The van der Waals surface area contributed by atoms with Crippen molar-refractivity contribution in [3.8, 4) is 0 Å². The molecule has 6 nitrogen and oxygen atoms in total. The molecule has 1 fully saturated rings. The van der Waals surface area contributed by atoms with Gasteiger partial charge in [0.1, 0.15) is 0 Å². The van der Waals surface area contributed by atoms with E-state index in [-0.39, 0.29) is 19.6 Å². The summed E-state index contributed by atoms with van der Waals surface area (Å²) in [6, 6.07) is -0.496. The van der Waals surface area contributed by atoms with Crippen molar-refractivity contribution in [2.45, 2.75) is 24.7 Å². The maximum absolute atomic E-state index is 10.5. The van der Waals surface area contributed by atoms with E-state index in [1.807, 2.05) is 0 Å². The van der Waals surface area contributed by atoms with E-state index in [1.54, 1.807) is 4.90 Å². The van der Waals surface area contributed by atoms with Crippen molar-refractivity contribution in [1.82, 2.24) is 4.90 Å². The van der Waals surface area contributed by atoms with Gasteiger partial charge in [-0.05, 0) is 0 Å². The summed E-state index contributed by atoms with van der Waals surface area (Å²) in [5.41, 5.74) is 4.97. The number of aliphatic hydroxyl groups excluding tert-OH is 3. The summed E-state index contributed by atoms with van der Waals surface area (Å²) < 4.78 is 0. The molecule has 0 aliphatic carbocycles. The highest BCUT2D eigenvalue weighted by Gasteiger charge is 2.38. The molecule has 14 heavy (non-hydrogen) atoms. The molecule has 6 heteroatoms. The Morgan fingerprint density at radius 2 is 2.14 bits per heavy atom. The van der Waals surface area contributed by atoms with Gasteiger partial charge in [0.25, 0.3) is 0 Å². The average Bonchev–Trinajstić information content (AvgIpc) is 2.39. The predicted octanol–water partition coefficient (Wildman–Crippen LogP) is -2.74. The van der Waals surface area contributed by atoms with Gasteiger partial charge in [0.15, 0.2) is 0 Å². The highest BCUT2D eigenvalue weighted by Crippen LogP contribution is 2.18. The molecule has 1 heterocycles. The number of nitrogens with zero attached hydrogens (tertiary/aromatic N) is 1. The quantitative estimate of drug-likeness (QED) is 0.397. The van der Waals surface area contributed by atoms with Crippen molar-refractivity contribution >= 4 is 5.91 Å². The molecule has 0 saturated carbocycles. The van der Waals surface area contributed by atoms with Crippen LogP contribution in [0.3, 0.4) is 0 Å². The monoisotopic (exact) mass is 204 g/mol. The minimum Gasteiger partial charge on any atom is -0.395 e. The second-order valence-electron chi connectivity index (χ2n) is 3.52. The van der Waals surface area contributed by atoms with Crippen LogP contribution in [-0.2, 0) is 4.79 Å². The van der Waals surface area contributed by atoms with Crippen molar-refractivity contribution < 1.29 is 20.1 Å². The van der Waals surface area contributed by atoms with Gasteiger partial charge in [-0.25, -0.2) is 0 Å². The van der Waals surface area contributed by atoms with E-state index in [9.17, 15) is 15.0 Å². The van der Waals surface area contributed by atoms with Crippen LogP contribution in [0.25, 0.3) is 0 Å². The number of hydrogen-bond donors (Lipinski definition) is 4. The number of β-amino-alcohol motifs (C(OH)–C–C–N with tert-alkyl or cyclic N) is 1. The molecule has 1 aliphatic rings. The lowest BCUT2D eigenvalue weighted by atomic mass is 10.1. The Morgan fingerprint density at radius 1 is 1.50 bits per heavy atom. The zero-order valence-corrected chi connectivity index (χ0v) is 7.83. The second-order valence-corrected chi connectivity index (χ2v) is 3.52. The molecule has 3 unspecified atom stereocenters. The van der Waals surface area contributed by atoms with Crippen LogP contribution in [0.15, 0.2) is 0 Å². The number of primary amides is 1. The Labute approximate surface area is 81.9 Å². The lowest BCUT2D eigenvalue weighted by molar-refractivity contribution is -0.118. The maximum atomic E-state index is 10.5. The second kappa shape index (κ2) is 4.70. The highest BCUT2D eigenvalue weighted by atomic mass is 16.3. The predicted molar refractivity (Wildman–Crippen MR) is 48.3 cm³/mol. The molecule has 1 rings (SSSR count). The van der Waals surface area contributed by atoms with Gasteiger partial charge < -0.3 is 21.1 Å². The third-order valence-corrected chi connectivity index (χ3v) is 2.51. The fourth-order valence-corrected chi connectivity index (χ4v) is 1.69. The maximum Gasteiger partial charge on any atom is 0.218 e. The van der Waals surface area contributed by atoms with E-state index < -0.39 is 24.2 Å². The molecule has 0 aromatic rings. The standard InChI is InChI=1S/C8H16N2O4/c9-7(13)1-2-10-3-6(12)8(14)5(10)4-11/h5-6,8,11-12,14H,1-4H2,(H2,9,13). The first-order chi connectivity index (χ1) is 6.56. The molecular weight excluding hydrogens is 188 g/mol. The summed E-state index contributed by atoms with van der Waals surface area (Å²) in [4.78, 5) is 12.2. The van der Waals surface area contributed by atoms with Gasteiger partial charge in [0, 0.05) is 19.5 Å². The molecule has 1 aliphatic heterocycles. The lowest BCUT2D eigenvalue weighted by Crippen LogP contribution is -2.40. The van der Waals surface area contributed by atoms with Crippen molar-refractivity contribution in [1.29, 1.82) is 0 Å². The van der Waals surface area contributed by atoms with Gasteiger partial charge in [-0.2, -0.15) is 0 Å². The van der Waals surface area contributed by atoms with E-state index in [0.29, 0.717) is 6.54 Å². The largest absolute Gasteiger partial charge is 0.395 e. The zero-order valence-electron chi connectivity index (χ0n) is 7.83. The Hall–Kier alpha value is -0.690. The van der Waals surface area contributed by atoms with Crippen LogP contribution < -0.4 is 5.73 Å². The number of hydrogen-bond acceptors (Lipinski definition) is 5. The topological polar surface area (TPSA) is 107 Å². The van der Waals surface area contributed by atoms with Gasteiger partial charge in [-0.3, -0.25) is 9.69 Å². The molecule has 0 aromatic carbocycles. The molecule has 5 N–H and O–H groups in total. The summed E-state index contributed by atoms with van der Waals surface area (Å²) in [6.45, 7) is 0.380. The van der Waals surface area contributed by atoms with Crippen LogP contribution in [0.5, 0.6) is 0 Å². The highest BCUT2D eigenvalue weighted by molar-refractivity contribution is 5.73. The van der Waals surface area contributed by atoms with Crippen molar-refractivity contribution in [2.24, 2.45) is 5.73 Å². The fraction of sp³-hybridized carbons (Fsp3) is 0.875. The van der Waals surface area contributed by atoms with Gasteiger partial charge in [-0.15, -0.1) is 0 Å². The molecule has 1 saturated heterocycles. The minimum atomic E-state index is -0.951. The molecule has 0 radical (unpaired) electrons. The van der Waals surface area contributed by atoms with Crippen LogP contribution in [0, 0.1) is 0 Å². The number of carbonyl (C=O) groups excluding carboxylic acids is 1. The van der Waals surface area contributed by atoms with E-state index in [0.717, 1.165) is 0 Å². The third kappa shape index (κ3) is 2.42. The number of aliphatic hydroxyl groups is 3. The molecule has 0 bridgehead atoms. The first kappa shape index (κ1) is 11.4. The number of amides is 1. The van der Waals surface area contributed by atoms with E-state index in [1.165, 1.54) is 0 Å². The van der Waals surface area contributed by atoms with Crippen molar-refractivity contribution in [2.75, 3.05) is 19.7 Å². The van der Waals surface area contributed by atoms with E-state index in [4.69, 9.17) is 10.8 Å². The normalized spacial score (nSPS) is 33.5. The average molecular weight is 204 g/mol. The number of carbonyl (C=O) groups is 1. The Balaban J connectivity index is 2.48. The van der Waals surface area contributed by atoms with Crippen LogP contribution in [0.4, 0.5) is 0 Å². The van der Waals surface area contributed by atoms with E-state index >= 15 is 0 Å². The SMILES string of the molecule is NC(=O)CCN1CC(O)C(O)C1CO. The lowest BCUT2D eigenvalue weighted by Gasteiger charge is -2.22. The smallest absolute Gasteiger partial charge is 0.218 e. The Kier molecular flexibility index (Phi) is 3.82. The molecule has 1 amide bonds. The minimum absolute atomic E-state index is 0.163. The summed E-state index contributed by atoms with van der Waals surface area (Å²) in [7, 11) is 0. The van der Waals surface area contributed by atoms with Gasteiger partial charge in [0.05, 0.1) is 24.9 Å². The molecule has 0 aromatic heterocycles. The Bertz CT molecular complexity index is 212. The zero-order chi connectivity index (χ0) is 10.7.